The summed E-state index contributed by atoms with van der Waals surface area (Å²) in [6.07, 6.45) is 0.450. The molecule has 0 radical (unpaired) electrons. The molecular weight excluding hydrogens is 977 g/mol. The standard InChI is InChI=1S/C50H60N4O12S4/c1-39-17-25-43(26-18-39)67(57,58)51(35-13-15-37-53(47(55)65-49(5,6)7)69(61,62)45-29-21-41(3)22-30-45)33-11-12-34-52(68(59,60)44-27-19-40(2)20-28-44)36-14-16-38-54(48(56)66-50(8,9)10)70(63,64)46-31-23-42(4)24-32-46/h11-12,17-32H,33-38H2,1-10H3/b12-11+. The van der Waals surface area contributed by atoms with E-state index >= 15 is 0 Å². The second-order valence-corrected chi connectivity index (χ2v) is 25.6. The van der Waals surface area contributed by atoms with E-state index in [-0.39, 0.29) is 32.7 Å². The Balaban J connectivity index is 1.67. The van der Waals surface area contributed by atoms with Gasteiger partial charge in [0.15, 0.2) is 0 Å². The first-order chi connectivity index (χ1) is 32.4. The minimum absolute atomic E-state index is 0.0747. The van der Waals surface area contributed by atoms with Crippen LogP contribution in [-0.4, -0.2) is 114 Å². The van der Waals surface area contributed by atoms with Crippen molar-refractivity contribution in [3.63, 3.8) is 0 Å². The molecule has 4 aromatic rings. The molecule has 20 heteroatoms. The van der Waals surface area contributed by atoms with Gasteiger partial charge >= 0.3 is 12.2 Å². The molecule has 0 N–H and O–H groups in total. The zero-order valence-corrected chi connectivity index (χ0v) is 44.2. The van der Waals surface area contributed by atoms with E-state index in [1.165, 1.54) is 60.7 Å². The Morgan fingerprint density at radius 3 is 0.886 bits per heavy atom. The van der Waals surface area contributed by atoms with E-state index in [9.17, 15) is 43.3 Å². The van der Waals surface area contributed by atoms with Gasteiger partial charge in [-0.3, -0.25) is 0 Å². The molecule has 0 spiro atoms. The molecule has 16 nitrogen and oxygen atoms in total. The lowest BCUT2D eigenvalue weighted by molar-refractivity contribution is 0.0393. The van der Waals surface area contributed by atoms with Gasteiger partial charge in [-0.1, -0.05) is 107 Å². The summed E-state index contributed by atoms with van der Waals surface area (Å²) in [5, 5.41) is 0. The third kappa shape index (κ3) is 15.8. The third-order valence-electron chi connectivity index (χ3n) is 9.72. The lowest BCUT2D eigenvalue weighted by Crippen LogP contribution is -2.41. The molecule has 0 heterocycles. The zero-order chi connectivity index (χ0) is 52.3. The van der Waals surface area contributed by atoms with Crippen molar-refractivity contribution >= 4 is 52.3 Å². The monoisotopic (exact) mass is 1040 g/mol. The highest BCUT2D eigenvalue weighted by atomic mass is 32.2. The Morgan fingerprint density at radius 2 is 0.643 bits per heavy atom. The van der Waals surface area contributed by atoms with Crippen molar-refractivity contribution in [2.45, 2.75) is 100 Å². The van der Waals surface area contributed by atoms with Crippen LogP contribution in [0.4, 0.5) is 9.59 Å². The number of aryl methyl sites for hydroxylation is 4. The van der Waals surface area contributed by atoms with Crippen molar-refractivity contribution in [2.75, 3.05) is 39.3 Å². The smallest absolute Gasteiger partial charge is 0.425 e. The number of sulfonamides is 4. The summed E-state index contributed by atoms with van der Waals surface area (Å²) in [6.45, 7) is 13.6. The van der Waals surface area contributed by atoms with Gasteiger partial charge in [-0.2, -0.15) is 17.2 Å². The van der Waals surface area contributed by atoms with Crippen LogP contribution in [0.25, 0.3) is 0 Å². The molecule has 0 unspecified atom stereocenters. The van der Waals surface area contributed by atoms with Gasteiger partial charge in [-0.05, 0) is 118 Å². The van der Waals surface area contributed by atoms with Crippen LogP contribution in [0, 0.1) is 51.4 Å². The first-order valence-corrected chi connectivity index (χ1v) is 27.6. The highest BCUT2D eigenvalue weighted by Crippen LogP contribution is 2.23. The van der Waals surface area contributed by atoms with Crippen molar-refractivity contribution in [1.82, 2.24) is 17.2 Å². The van der Waals surface area contributed by atoms with Crippen LogP contribution in [0.2, 0.25) is 0 Å². The fraction of sp³-hybridized carbons (Fsp3) is 0.360. The van der Waals surface area contributed by atoms with Crippen molar-refractivity contribution in [2.24, 2.45) is 0 Å². The number of amides is 2. The predicted molar refractivity (Wildman–Crippen MR) is 267 cm³/mol. The highest BCUT2D eigenvalue weighted by Gasteiger charge is 2.34. The van der Waals surface area contributed by atoms with Gasteiger partial charge < -0.3 is 9.47 Å². The first-order valence-electron chi connectivity index (χ1n) is 21.8. The molecule has 0 fully saturated rings. The summed E-state index contributed by atoms with van der Waals surface area (Å²) >= 11 is 0. The van der Waals surface area contributed by atoms with Crippen LogP contribution >= 0.6 is 0 Å². The Kier molecular flexibility index (Phi) is 18.8. The summed E-state index contributed by atoms with van der Waals surface area (Å²) in [5.41, 5.74) is 1.04. The Labute approximate surface area is 414 Å². The fourth-order valence-electron chi connectivity index (χ4n) is 5.94. The van der Waals surface area contributed by atoms with Crippen LogP contribution in [0.3, 0.4) is 0 Å². The number of benzene rings is 4. The lowest BCUT2D eigenvalue weighted by Gasteiger charge is -2.26. The van der Waals surface area contributed by atoms with Crippen molar-refractivity contribution in [3.8, 4) is 23.7 Å². The topological polar surface area (TPSA) is 202 Å². The maximum atomic E-state index is 14.1. The van der Waals surface area contributed by atoms with Gasteiger partial charge in [0.05, 0.1) is 32.7 Å². The van der Waals surface area contributed by atoms with E-state index in [0.29, 0.717) is 8.61 Å². The number of hydrogen-bond acceptors (Lipinski definition) is 12. The van der Waals surface area contributed by atoms with Crippen LogP contribution < -0.4 is 0 Å². The number of rotatable bonds is 16. The van der Waals surface area contributed by atoms with E-state index in [1.807, 2.05) is 0 Å². The molecule has 4 aromatic carbocycles. The number of hydrogen-bond donors (Lipinski definition) is 0. The van der Waals surface area contributed by atoms with Gasteiger partial charge in [0, 0.05) is 13.1 Å². The fourth-order valence-corrected chi connectivity index (χ4v) is 10.9. The molecule has 0 aliphatic rings. The molecule has 0 aliphatic carbocycles. The molecule has 0 atom stereocenters. The average Bonchev–Trinajstić information content (AvgIpc) is 3.25. The minimum atomic E-state index is -4.47. The highest BCUT2D eigenvalue weighted by molar-refractivity contribution is 7.90. The van der Waals surface area contributed by atoms with Gasteiger partial charge in [0.1, 0.15) is 24.3 Å². The summed E-state index contributed by atoms with van der Waals surface area (Å²) in [6, 6.07) is 23.8. The maximum absolute atomic E-state index is 14.1. The molecule has 2 amide bonds. The zero-order valence-electron chi connectivity index (χ0n) is 41.0. The molecular formula is C50H60N4O12S4. The van der Waals surface area contributed by atoms with Crippen LogP contribution in [-0.2, 0) is 49.6 Å². The first kappa shape index (κ1) is 56.6. The van der Waals surface area contributed by atoms with E-state index in [0.717, 1.165) is 30.9 Å². The summed E-state index contributed by atoms with van der Waals surface area (Å²) in [4.78, 5) is 26.0. The third-order valence-corrected chi connectivity index (χ3v) is 16.8. The van der Waals surface area contributed by atoms with Gasteiger partial charge in [0.2, 0.25) is 20.0 Å². The van der Waals surface area contributed by atoms with Gasteiger partial charge in [-0.15, -0.1) is 0 Å². The molecule has 0 saturated carbocycles. The van der Waals surface area contributed by atoms with Crippen molar-refractivity contribution in [3.05, 3.63) is 131 Å². The van der Waals surface area contributed by atoms with Crippen molar-refractivity contribution in [1.29, 1.82) is 0 Å². The van der Waals surface area contributed by atoms with E-state index in [4.69, 9.17) is 9.47 Å². The molecule has 0 saturated heterocycles. The number of ether oxygens (including phenoxy) is 2. The predicted octanol–water partition coefficient (Wildman–Crippen LogP) is 7.42. The van der Waals surface area contributed by atoms with E-state index < -0.39 is 89.7 Å². The summed E-state index contributed by atoms with van der Waals surface area (Å²) < 4.78 is 125. The van der Waals surface area contributed by atoms with E-state index in [1.54, 1.807) is 118 Å². The molecule has 376 valence electrons. The molecule has 4 rings (SSSR count). The normalized spacial score (nSPS) is 12.5. The number of carbonyl (C=O) groups is 2. The maximum Gasteiger partial charge on any atom is 0.425 e. The van der Waals surface area contributed by atoms with Crippen molar-refractivity contribution < 1.29 is 52.7 Å². The SMILES string of the molecule is Cc1ccc(S(=O)(=O)N(CC#CCN(C(=O)OC(C)(C)C)S(=O)(=O)c2ccc(C)cc2)C/C=C/CN(CC#CCN(C(=O)OC(C)(C)C)S(=O)(=O)c2ccc(C)cc2)S(=O)(=O)c2ccc(C)cc2)cc1. The van der Waals surface area contributed by atoms with Gasteiger partial charge in [-0.25, -0.2) is 43.3 Å². The van der Waals surface area contributed by atoms with Gasteiger partial charge in [0.25, 0.3) is 20.0 Å². The Bertz CT molecular complexity index is 2890. The second kappa shape index (κ2) is 23.3. The largest absolute Gasteiger partial charge is 0.443 e. The lowest BCUT2D eigenvalue weighted by atomic mass is 10.2. The number of carbonyl (C=O) groups excluding carboxylic acids is 2. The Hall–Kier alpha value is -6.00. The summed E-state index contributed by atoms with van der Waals surface area (Å²) in [5.74, 6) is 10.6. The van der Waals surface area contributed by atoms with Crippen LogP contribution in [0.15, 0.2) is 129 Å². The average molecular weight is 1040 g/mol. The molecule has 0 bridgehead atoms. The molecule has 0 aromatic heterocycles. The summed E-state index contributed by atoms with van der Waals surface area (Å²) in [7, 11) is -17.5. The Morgan fingerprint density at radius 1 is 0.414 bits per heavy atom. The van der Waals surface area contributed by atoms with Crippen LogP contribution in [0.5, 0.6) is 0 Å². The van der Waals surface area contributed by atoms with E-state index in [2.05, 4.69) is 23.7 Å². The molecule has 0 aliphatic heterocycles. The molecule has 70 heavy (non-hydrogen) atoms. The quantitative estimate of drug-likeness (QED) is 0.0796. The van der Waals surface area contributed by atoms with Crippen LogP contribution in [0.1, 0.15) is 63.8 Å². The number of nitrogens with zero attached hydrogens (tertiary/aromatic N) is 4. The minimum Gasteiger partial charge on any atom is -0.443 e. The second-order valence-electron chi connectivity index (χ2n) is 18.0.